The van der Waals surface area contributed by atoms with Gasteiger partial charge in [-0.15, -0.1) is 0 Å². The topological polar surface area (TPSA) is 135 Å². The number of ether oxygens (including phenoxy) is 1. The average molecular weight is 427 g/mol. The van der Waals surface area contributed by atoms with Crippen LogP contribution in [0.4, 0.5) is 10.6 Å². The van der Waals surface area contributed by atoms with Gasteiger partial charge in [0.25, 0.3) is 0 Å². The first kappa shape index (κ1) is 22.0. The third-order valence-electron chi connectivity index (χ3n) is 4.45. The summed E-state index contributed by atoms with van der Waals surface area (Å²) in [5.41, 5.74) is 0.145. The summed E-state index contributed by atoms with van der Waals surface area (Å²) in [4.78, 5) is 40.7. The number of aromatic nitrogens is 3. The molecule has 31 heavy (non-hydrogen) atoms. The zero-order valence-corrected chi connectivity index (χ0v) is 17.7. The highest BCUT2D eigenvalue weighted by Gasteiger charge is 2.23. The summed E-state index contributed by atoms with van der Waals surface area (Å²) in [6.07, 6.45) is 4.81. The van der Waals surface area contributed by atoms with Crippen LogP contribution in [0.25, 0.3) is 5.69 Å². The molecule has 0 fully saturated rings. The molecular weight excluding hydrogens is 402 g/mol. The van der Waals surface area contributed by atoms with E-state index in [-0.39, 0.29) is 17.4 Å². The van der Waals surface area contributed by atoms with Gasteiger partial charge in [-0.3, -0.25) is 9.78 Å². The SMILES string of the molecule is CC1C=CC[C@H](NC(=O)OC(C)(C)C)c2cc(ccn2)-n2nc(C(=O)O)cc2NC1=O. The molecule has 10 heteroatoms. The lowest BCUT2D eigenvalue weighted by Crippen LogP contribution is -2.35. The molecule has 1 aliphatic heterocycles. The Bertz CT molecular complexity index is 1040. The summed E-state index contributed by atoms with van der Waals surface area (Å²) in [7, 11) is 0. The van der Waals surface area contributed by atoms with Gasteiger partial charge in [0.2, 0.25) is 5.91 Å². The van der Waals surface area contributed by atoms with Gasteiger partial charge in [0.1, 0.15) is 11.4 Å². The molecule has 1 unspecified atom stereocenters. The number of carboxylic acids is 1. The van der Waals surface area contributed by atoms with Crippen molar-refractivity contribution in [2.45, 2.75) is 45.8 Å². The molecule has 2 aromatic heterocycles. The van der Waals surface area contributed by atoms with E-state index in [1.807, 2.05) is 0 Å². The highest BCUT2D eigenvalue weighted by Crippen LogP contribution is 2.24. The number of carbonyl (C=O) groups is 3. The number of hydrogen-bond acceptors (Lipinski definition) is 6. The second kappa shape index (κ2) is 8.58. The number of alkyl carbamates (subject to hydrolysis) is 1. The van der Waals surface area contributed by atoms with Crippen LogP contribution in [0.2, 0.25) is 0 Å². The Balaban J connectivity index is 2.05. The molecule has 0 aliphatic carbocycles. The van der Waals surface area contributed by atoms with Gasteiger partial charge in [-0.2, -0.15) is 5.10 Å². The van der Waals surface area contributed by atoms with E-state index in [9.17, 15) is 19.5 Å². The van der Waals surface area contributed by atoms with Gasteiger partial charge >= 0.3 is 12.1 Å². The molecule has 3 N–H and O–H groups in total. The molecule has 1 aliphatic rings. The van der Waals surface area contributed by atoms with Crippen LogP contribution in [-0.4, -0.2) is 43.4 Å². The lowest BCUT2D eigenvalue weighted by molar-refractivity contribution is -0.118. The lowest BCUT2D eigenvalue weighted by atomic mass is 10.1. The van der Waals surface area contributed by atoms with Gasteiger partial charge in [-0.1, -0.05) is 19.1 Å². The monoisotopic (exact) mass is 427 g/mol. The van der Waals surface area contributed by atoms with Crippen molar-refractivity contribution in [3.63, 3.8) is 0 Å². The van der Waals surface area contributed by atoms with Crippen molar-refractivity contribution in [1.29, 1.82) is 0 Å². The highest BCUT2D eigenvalue weighted by molar-refractivity contribution is 5.94. The maximum absolute atomic E-state index is 12.6. The first-order valence-electron chi connectivity index (χ1n) is 9.80. The van der Waals surface area contributed by atoms with Crippen LogP contribution in [0.5, 0.6) is 0 Å². The fraction of sp³-hybridized carbons (Fsp3) is 0.381. The zero-order valence-electron chi connectivity index (χ0n) is 17.7. The van der Waals surface area contributed by atoms with E-state index in [0.717, 1.165) is 0 Å². The quantitative estimate of drug-likeness (QED) is 0.627. The molecule has 0 saturated carbocycles. The Morgan fingerprint density at radius 2 is 2.06 bits per heavy atom. The van der Waals surface area contributed by atoms with Crippen LogP contribution in [0.3, 0.4) is 0 Å². The number of rotatable bonds is 2. The fourth-order valence-corrected chi connectivity index (χ4v) is 2.98. The largest absolute Gasteiger partial charge is 0.476 e. The van der Waals surface area contributed by atoms with Crippen molar-refractivity contribution < 1.29 is 24.2 Å². The standard InChI is InChI=1S/C21H25N5O5/c1-12-6-5-7-14(23-20(30)31-21(2,3)4)15-10-13(8-9-22-15)26-17(24-18(12)27)11-16(25-26)19(28)29/h5-6,8-12,14H,7H2,1-4H3,(H,23,30)(H,24,27)(H,28,29)/t12?,14-/m0/s1. The molecule has 10 nitrogen and oxygen atoms in total. The van der Waals surface area contributed by atoms with E-state index in [2.05, 4.69) is 20.7 Å². The predicted octanol–water partition coefficient (Wildman–Crippen LogP) is 3.07. The van der Waals surface area contributed by atoms with Crippen LogP contribution < -0.4 is 10.6 Å². The molecular formula is C21H25N5O5. The number of carboxylic acid groups (broad SMARTS) is 1. The van der Waals surface area contributed by atoms with Gasteiger partial charge < -0.3 is 20.5 Å². The number of carbonyl (C=O) groups excluding carboxylic acids is 2. The van der Waals surface area contributed by atoms with Crippen molar-refractivity contribution in [3.8, 4) is 5.69 Å². The van der Waals surface area contributed by atoms with Crippen LogP contribution in [0.1, 0.15) is 56.3 Å². The van der Waals surface area contributed by atoms with E-state index in [4.69, 9.17) is 4.74 Å². The Hall–Kier alpha value is -3.69. The lowest BCUT2D eigenvalue weighted by Gasteiger charge is -2.23. The third-order valence-corrected chi connectivity index (χ3v) is 4.45. The van der Waals surface area contributed by atoms with Crippen molar-refractivity contribution >= 4 is 23.8 Å². The van der Waals surface area contributed by atoms with Gasteiger partial charge in [-0.05, 0) is 39.3 Å². The minimum atomic E-state index is -1.22. The number of anilines is 1. The van der Waals surface area contributed by atoms with E-state index in [0.29, 0.717) is 17.8 Å². The van der Waals surface area contributed by atoms with Gasteiger partial charge in [-0.25, -0.2) is 14.3 Å². The number of nitrogens with zero attached hydrogens (tertiary/aromatic N) is 3. The highest BCUT2D eigenvalue weighted by atomic mass is 16.6. The molecule has 2 amide bonds. The predicted molar refractivity (Wildman–Crippen MR) is 112 cm³/mol. The van der Waals surface area contributed by atoms with Crippen molar-refractivity contribution in [3.05, 3.63) is 47.9 Å². The first-order valence-corrected chi connectivity index (χ1v) is 9.80. The number of pyridine rings is 1. The molecule has 0 spiro atoms. The summed E-state index contributed by atoms with van der Waals surface area (Å²) in [6, 6.07) is 4.07. The van der Waals surface area contributed by atoms with Gasteiger partial charge in [0.05, 0.1) is 23.3 Å². The zero-order chi connectivity index (χ0) is 22.8. The number of hydrogen-bond donors (Lipinski definition) is 3. The summed E-state index contributed by atoms with van der Waals surface area (Å²) in [6.45, 7) is 7.02. The Morgan fingerprint density at radius 1 is 1.32 bits per heavy atom. The van der Waals surface area contributed by atoms with E-state index in [1.54, 1.807) is 52.0 Å². The number of aromatic carboxylic acids is 1. The average Bonchev–Trinajstić information content (AvgIpc) is 3.09. The van der Waals surface area contributed by atoms with Crippen LogP contribution in [0, 0.1) is 5.92 Å². The van der Waals surface area contributed by atoms with E-state index >= 15 is 0 Å². The summed E-state index contributed by atoms with van der Waals surface area (Å²) < 4.78 is 6.69. The van der Waals surface area contributed by atoms with E-state index in [1.165, 1.54) is 16.9 Å². The molecule has 2 aromatic rings. The number of amides is 2. The smallest absolute Gasteiger partial charge is 0.408 e. The minimum absolute atomic E-state index is 0.213. The summed E-state index contributed by atoms with van der Waals surface area (Å²) in [5.74, 6) is -1.81. The summed E-state index contributed by atoms with van der Waals surface area (Å²) >= 11 is 0. The van der Waals surface area contributed by atoms with Gasteiger partial charge in [0, 0.05) is 12.3 Å². The Kier molecular flexibility index (Phi) is 6.09. The second-order valence-corrected chi connectivity index (χ2v) is 8.21. The molecule has 0 radical (unpaired) electrons. The summed E-state index contributed by atoms with van der Waals surface area (Å²) in [5, 5.41) is 18.9. The normalized spacial score (nSPS) is 18.8. The number of nitrogens with one attached hydrogen (secondary N) is 2. The Morgan fingerprint density at radius 3 is 2.74 bits per heavy atom. The molecule has 2 atom stereocenters. The minimum Gasteiger partial charge on any atom is -0.476 e. The molecule has 3 heterocycles. The van der Waals surface area contributed by atoms with Crippen molar-refractivity contribution in [1.82, 2.24) is 20.1 Å². The molecule has 3 rings (SSSR count). The van der Waals surface area contributed by atoms with Crippen LogP contribution in [-0.2, 0) is 9.53 Å². The number of fused-ring (bicyclic) bond motifs is 4. The van der Waals surface area contributed by atoms with Crippen LogP contribution >= 0.6 is 0 Å². The van der Waals surface area contributed by atoms with Crippen molar-refractivity contribution in [2.24, 2.45) is 5.92 Å². The van der Waals surface area contributed by atoms with Gasteiger partial charge in [0.15, 0.2) is 5.69 Å². The first-order chi connectivity index (χ1) is 14.5. The van der Waals surface area contributed by atoms with Crippen LogP contribution in [0.15, 0.2) is 36.5 Å². The van der Waals surface area contributed by atoms with Crippen molar-refractivity contribution in [2.75, 3.05) is 5.32 Å². The Labute approximate surface area is 179 Å². The second-order valence-electron chi connectivity index (χ2n) is 8.21. The maximum Gasteiger partial charge on any atom is 0.408 e. The molecule has 0 aromatic carbocycles. The van der Waals surface area contributed by atoms with E-state index < -0.39 is 29.6 Å². The maximum atomic E-state index is 12.6. The molecule has 0 saturated heterocycles. The fourth-order valence-electron chi connectivity index (χ4n) is 2.98. The molecule has 164 valence electrons. The third kappa shape index (κ3) is 5.47. The molecule has 2 bridgehead atoms.